The van der Waals surface area contributed by atoms with Gasteiger partial charge in [-0.25, -0.2) is 4.79 Å². The van der Waals surface area contributed by atoms with Crippen LogP contribution in [0, 0.1) is 18.3 Å². The smallest absolute Gasteiger partial charge is 0.326 e. The average Bonchev–Trinajstić information content (AvgIpc) is 2.99. The van der Waals surface area contributed by atoms with Crippen LogP contribution in [0.3, 0.4) is 0 Å². The number of imide groups is 1. The van der Waals surface area contributed by atoms with Crippen LogP contribution >= 0.6 is 11.6 Å². The predicted molar refractivity (Wildman–Crippen MR) is 125 cm³/mol. The zero-order chi connectivity index (χ0) is 24.4. The molecular weight excluding hydrogens is 446 g/mol. The quantitative estimate of drug-likeness (QED) is 0.455. The van der Waals surface area contributed by atoms with Crippen molar-refractivity contribution in [2.45, 2.75) is 65.3 Å². The highest BCUT2D eigenvalue weighted by Crippen LogP contribution is 2.45. The van der Waals surface area contributed by atoms with Crippen LogP contribution in [-0.4, -0.2) is 47.4 Å². The normalized spacial score (nSPS) is 22.9. The third-order valence-electron chi connectivity index (χ3n) is 7.21. The molecule has 3 rings (SSSR count). The third-order valence-corrected chi connectivity index (χ3v) is 7.62. The fraction of sp³-hybridized carbons (Fsp3) is 0.583. The van der Waals surface area contributed by atoms with E-state index in [1.165, 1.54) is 0 Å². The summed E-state index contributed by atoms with van der Waals surface area (Å²) < 4.78 is 4.98. The molecule has 180 valence electrons. The Morgan fingerprint density at radius 3 is 2.55 bits per heavy atom. The molecule has 0 unspecified atom stereocenters. The van der Waals surface area contributed by atoms with Gasteiger partial charge < -0.3 is 15.4 Å². The van der Waals surface area contributed by atoms with Crippen LogP contribution in [0.1, 0.15) is 58.4 Å². The van der Waals surface area contributed by atoms with E-state index in [-0.39, 0.29) is 5.41 Å². The van der Waals surface area contributed by atoms with Crippen LogP contribution < -0.4 is 10.6 Å². The molecule has 0 aromatic heterocycles. The predicted octanol–water partition coefficient (Wildman–Crippen LogP) is 4.05. The number of benzene rings is 1. The van der Waals surface area contributed by atoms with Crippen LogP contribution in [0.25, 0.3) is 0 Å². The molecule has 9 heteroatoms. The first-order valence-corrected chi connectivity index (χ1v) is 11.7. The Balaban J connectivity index is 1.51. The first kappa shape index (κ1) is 25.0. The van der Waals surface area contributed by atoms with Crippen molar-refractivity contribution >= 4 is 41.1 Å². The minimum Gasteiger partial charge on any atom is -0.454 e. The maximum atomic E-state index is 13.0. The van der Waals surface area contributed by atoms with Gasteiger partial charge in [0.05, 0.1) is 0 Å². The molecule has 2 fully saturated rings. The number of aryl methyl sites for hydroxylation is 1. The summed E-state index contributed by atoms with van der Waals surface area (Å²) in [5.41, 5.74) is 0.584. The fourth-order valence-corrected chi connectivity index (χ4v) is 4.71. The van der Waals surface area contributed by atoms with Crippen molar-refractivity contribution in [1.82, 2.24) is 10.2 Å². The van der Waals surface area contributed by atoms with E-state index in [9.17, 15) is 19.2 Å². The summed E-state index contributed by atoms with van der Waals surface area (Å²) in [6.45, 7) is 7.41. The first-order valence-electron chi connectivity index (χ1n) is 11.3. The molecule has 8 nitrogen and oxygen atoms in total. The Kier molecular flexibility index (Phi) is 7.36. The number of ether oxygens (including phenoxy) is 1. The lowest BCUT2D eigenvalue weighted by Gasteiger charge is -2.42. The van der Waals surface area contributed by atoms with Gasteiger partial charge in [0.2, 0.25) is 0 Å². The number of esters is 1. The summed E-state index contributed by atoms with van der Waals surface area (Å²) in [4.78, 5) is 50.7. The second kappa shape index (κ2) is 9.71. The minimum absolute atomic E-state index is 0.182. The highest BCUT2D eigenvalue weighted by molar-refractivity contribution is 6.31. The van der Waals surface area contributed by atoms with Gasteiger partial charge in [-0.05, 0) is 61.6 Å². The molecule has 1 spiro atoms. The van der Waals surface area contributed by atoms with Crippen molar-refractivity contribution in [3.05, 3.63) is 28.8 Å². The van der Waals surface area contributed by atoms with Gasteiger partial charge in [-0.15, -0.1) is 0 Å². The van der Waals surface area contributed by atoms with Crippen molar-refractivity contribution < 1.29 is 23.9 Å². The summed E-state index contributed by atoms with van der Waals surface area (Å²) in [5, 5.41) is 5.90. The number of anilines is 1. The molecule has 1 heterocycles. The van der Waals surface area contributed by atoms with Crippen molar-refractivity contribution in [2.75, 3.05) is 18.5 Å². The number of hydrogen-bond donors (Lipinski definition) is 2. The molecule has 1 aromatic rings. The molecule has 33 heavy (non-hydrogen) atoms. The topological polar surface area (TPSA) is 105 Å². The maximum absolute atomic E-state index is 13.0. The van der Waals surface area contributed by atoms with Crippen molar-refractivity contribution in [3.8, 4) is 0 Å². The Labute approximate surface area is 199 Å². The number of carbonyl (C=O) groups excluding carboxylic acids is 4. The van der Waals surface area contributed by atoms with Gasteiger partial charge in [0.25, 0.3) is 11.8 Å². The molecule has 1 saturated carbocycles. The highest BCUT2D eigenvalue weighted by Gasteiger charge is 2.53. The molecule has 2 N–H and O–H groups in total. The highest BCUT2D eigenvalue weighted by atomic mass is 35.5. The average molecular weight is 478 g/mol. The van der Waals surface area contributed by atoms with E-state index in [1.807, 2.05) is 6.92 Å². The molecule has 0 radical (unpaired) electrons. The largest absolute Gasteiger partial charge is 0.454 e. The van der Waals surface area contributed by atoms with Gasteiger partial charge in [-0.3, -0.25) is 19.3 Å². The lowest BCUT2D eigenvalue weighted by atomic mass is 9.65. The Hall–Kier alpha value is -2.61. The fourth-order valence-electron chi connectivity index (χ4n) is 4.53. The standard InChI is InChI=1S/C24H32ClN3O5/c1-5-23(3,4)16-8-10-24(11-9-16)21(31)28(22(32)27-24)13-20(30)33-14-19(29)26-17-7-6-15(2)18(25)12-17/h6-7,12,16H,5,8-11,13-14H2,1-4H3,(H,26,29)(H,27,32). The van der Waals surface area contributed by atoms with Gasteiger partial charge in [0, 0.05) is 10.7 Å². The molecule has 1 saturated heterocycles. The zero-order valence-electron chi connectivity index (χ0n) is 19.6. The van der Waals surface area contributed by atoms with Gasteiger partial charge in [0.15, 0.2) is 6.61 Å². The number of carbonyl (C=O) groups is 4. The van der Waals surface area contributed by atoms with Crippen molar-refractivity contribution in [2.24, 2.45) is 11.3 Å². The Morgan fingerprint density at radius 2 is 1.94 bits per heavy atom. The van der Waals surface area contributed by atoms with E-state index in [0.717, 1.165) is 29.7 Å². The number of hydrogen-bond acceptors (Lipinski definition) is 5. The lowest BCUT2D eigenvalue weighted by Crippen LogP contribution is -2.51. The van der Waals surface area contributed by atoms with E-state index in [4.69, 9.17) is 16.3 Å². The minimum atomic E-state index is -0.945. The van der Waals surface area contributed by atoms with Crippen LogP contribution in [0.5, 0.6) is 0 Å². The molecule has 4 amide bonds. The second-order valence-corrected chi connectivity index (χ2v) is 10.1. The lowest BCUT2D eigenvalue weighted by molar-refractivity contribution is -0.150. The molecule has 0 atom stereocenters. The van der Waals surface area contributed by atoms with E-state index in [0.29, 0.717) is 29.5 Å². The van der Waals surface area contributed by atoms with Crippen molar-refractivity contribution in [3.63, 3.8) is 0 Å². The molecule has 0 bridgehead atoms. The van der Waals surface area contributed by atoms with E-state index < -0.39 is 42.5 Å². The van der Waals surface area contributed by atoms with Crippen LogP contribution in [0.15, 0.2) is 18.2 Å². The van der Waals surface area contributed by atoms with E-state index >= 15 is 0 Å². The zero-order valence-corrected chi connectivity index (χ0v) is 20.4. The Bertz CT molecular complexity index is 953. The monoisotopic (exact) mass is 477 g/mol. The summed E-state index contributed by atoms with van der Waals surface area (Å²) in [5.74, 6) is -1.28. The van der Waals surface area contributed by atoms with E-state index in [1.54, 1.807) is 18.2 Å². The molecule has 1 aliphatic carbocycles. The van der Waals surface area contributed by atoms with Crippen LogP contribution in [0.2, 0.25) is 5.02 Å². The molecule has 2 aliphatic rings. The number of halogens is 1. The maximum Gasteiger partial charge on any atom is 0.326 e. The number of nitrogens with one attached hydrogen (secondary N) is 2. The molecule has 1 aliphatic heterocycles. The summed E-state index contributed by atoms with van der Waals surface area (Å²) >= 11 is 6.03. The Morgan fingerprint density at radius 1 is 1.27 bits per heavy atom. The third kappa shape index (κ3) is 5.49. The summed E-state index contributed by atoms with van der Waals surface area (Å²) in [6.07, 6.45) is 3.84. The number of nitrogens with zero attached hydrogens (tertiary/aromatic N) is 1. The van der Waals surface area contributed by atoms with Gasteiger partial charge in [0.1, 0.15) is 12.1 Å². The van der Waals surface area contributed by atoms with E-state index in [2.05, 4.69) is 31.4 Å². The molecular formula is C24H32ClN3O5. The number of amides is 4. The van der Waals surface area contributed by atoms with Crippen LogP contribution in [-0.2, 0) is 19.1 Å². The summed E-state index contributed by atoms with van der Waals surface area (Å²) in [7, 11) is 0. The SMILES string of the molecule is CCC(C)(C)C1CCC2(CC1)NC(=O)N(CC(=O)OCC(=O)Nc1ccc(C)c(Cl)c1)C2=O. The first-order chi connectivity index (χ1) is 15.5. The van der Waals surface area contributed by atoms with Gasteiger partial charge >= 0.3 is 12.0 Å². The summed E-state index contributed by atoms with van der Waals surface area (Å²) in [6, 6.07) is 4.45. The van der Waals surface area contributed by atoms with Crippen LogP contribution in [0.4, 0.5) is 10.5 Å². The number of rotatable bonds is 7. The van der Waals surface area contributed by atoms with Gasteiger partial charge in [-0.1, -0.05) is 44.9 Å². The second-order valence-electron chi connectivity index (χ2n) is 9.69. The molecule has 1 aromatic carbocycles. The number of urea groups is 1. The van der Waals surface area contributed by atoms with Crippen molar-refractivity contribution in [1.29, 1.82) is 0 Å². The van der Waals surface area contributed by atoms with Gasteiger partial charge in [-0.2, -0.15) is 0 Å².